The van der Waals surface area contributed by atoms with Crippen molar-refractivity contribution in [3.05, 3.63) is 39.9 Å². The minimum atomic E-state index is -3.66. The largest absolute Gasteiger partial charge is 0.395 e. The topological polar surface area (TPSA) is 118 Å². The van der Waals surface area contributed by atoms with E-state index in [-0.39, 0.29) is 17.0 Å². The number of aliphatic hydroxyl groups is 2. The Balaban J connectivity index is 3.14. The van der Waals surface area contributed by atoms with Gasteiger partial charge in [0.25, 0.3) is 5.69 Å². The molecule has 2 unspecified atom stereocenters. The molecule has 0 amide bonds. The fourth-order valence-electron chi connectivity index (χ4n) is 1.66. The molecular weight excluding hydrogens is 274 g/mol. The van der Waals surface area contributed by atoms with Crippen molar-refractivity contribution in [1.29, 1.82) is 0 Å². The average molecular weight is 289 g/mol. The Morgan fingerprint density at radius 1 is 1.42 bits per heavy atom. The van der Waals surface area contributed by atoms with Gasteiger partial charge in [0.05, 0.1) is 17.6 Å². The van der Waals surface area contributed by atoms with Crippen LogP contribution >= 0.6 is 0 Å². The van der Waals surface area contributed by atoms with Crippen molar-refractivity contribution < 1.29 is 23.6 Å². The lowest BCUT2D eigenvalue weighted by molar-refractivity contribution is -0.385. The van der Waals surface area contributed by atoms with E-state index in [9.17, 15) is 23.6 Å². The fourth-order valence-corrected chi connectivity index (χ4v) is 2.87. The second-order valence-electron chi connectivity index (χ2n) is 3.97. The smallest absolute Gasteiger partial charge is 0.269 e. The zero-order valence-electron chi connectivity index (χ0n) is 10.3. The number of aliphatic hydroxyl groups excluding tert-OH is 2. The minimum absolute atomic E-state index is 0.0882. The van der Waals surface area contributed by atoms with E-state index < -0.39 is 32.7 Å². The van der Waals surface area contributed by atoms with Gasteiger partial charge in [0, 0.05) is 17.9 Å². The summed E-state index contributed by atoms with van der Waals surface area (Å²) in [7, 11) is -3.66. The molecule has 1 rings (SSSR count). The van der Waals surface area contributed by atoms with Gasteiger partial charge in [-0.05, 0) is 5.56 Å². The monoisotopic (exact) mass is 289 g/mol. The molecule has 7 nitrogen and oxygen atoms in total. The Kier molecular flexibility index (Phi) is 4.98. The first kappa shape index (κ1) is 15.5. The number of nitro benzene ring substituents is 1. The van der Waals surface area contributed by atoms with Crippen LogP contribution < -0.4 is 0 Å². The first-order valence-electron chi connectivity index (χ1n) is 5.58. The molecule has 0 saturated carbocycles. The van der Waals surface area contributed by atoms with Crippen molar-refractivity contribution in [2.24, 2.45) is 0 Å². The predicted molar refractivity (Wildman–Crippen MR) is 68.4 cm³/mol. The van der Waals surface area contributed by atoms with Crippen molar-refractivity contribution in [1.82, 2.24) is 0 Å². The minimum Gasteiger partial charge on any atom is -0.395 e. The highest BCUT2D eigenvalue weighted by Gasteiger charge is 2.32. The van der Waals surface area contributed by atoms with E-state index in [1.54, 1.807) is 0 Å². The number of rotatable bonds is 6. The summed E-state index contributed by atoms with van der Waals surface area (Å²) < 4.78 is 23.4. The maximum Gasteiger partial charge on any atom is 0.269 e. The highest BCUT2D eigenvalue weighted by atomic mass is 32.2. The molecule has 106 valence electrons. The van der Waals surface area contributed by atoms with Crippen LogP contribution in [0.1, 0.15) is 18.6 Å². The third kappa shape index (κ3) is 3.49. The number of hydrogen-bond acceptors (Lipinski definition) is 6. The molecule has 0 radical (unpaired) electrons. The number of sulfone groups is 1. The van der Waals surface area contributed by atoms with E-state index in [1.807, 2.05) is 0 Å². The molecule has 1 aromatic rings. The number of benzene rings is 1. The molecule has 1 aromatic carbocycles. The Labute approximate surface area is 110 Å². The molecule has 0 aliphatic carbocycles. The number of hydrogen-bond donors (Lipinski definition) is 2. The highest BCUT2D eigenvalue weighted by molar-refractivity contribution is 7.92. The van der Waals surface area contributed by atoms with E-state index in [0.29, 0.717) is 0 Å². The van der Waals surface area contributed by atoms with E-state index in [1.165, 1.54) is 25.1 Å². The molecule has 0 aromatic heterocycles. The lowest BCUT2D eigenvalue weighted by atomic mass is 10.1. The van der Waals surface area contributed by atoms with Crippen LogP contribution in [0.5, 0.6) is 0 Å². The number of nitrogens with zero attached hydrogens (tertiary/aromatic N) is 1. The molecule has 2 N–H and O–H groups in total. The van der Waals surface area contributed by atoms with Crippen LogP contribution in [0.15, 0.2) is 24.3 Å². The van der Waals surface area contributed by atoms with Crippen molar-refractivity contribution >= 4 is 15.5 Å². The lowest BCUT2D eigenvalue weighted by Gasteiger charge is -2.20. The van der Waals surface area contributed by atoms with Gasteiger partial charge in [-0.3, -0.25) is 10.1 Å². The van der Waals surface area contributed by atoms with Gasteiger partial charge in [-0.1, -0.05) is 19.1 Å². The zero-order chi connectivity index (χ0) is 14.6. The van der Waals surface area contributed by atoms with Crippen LogP contribution in [-0.2, 0) is 9.84 Å². The molecule has 0 aliphatic heterocycles. The summed E-state index contributed by atoms with van der Waals surface area (Å²) in [6.07, 6.45) is -1.50. The molecule has 0 heterocycles. The van der Waals surface area contributed by atoms with Gasteiger partial charge in [-0.2, -0.15) is 0 Å². The van der Waals surface area contributed by atoms with Gasteiger partial charge in [-0.25, -0.2) is 8.42 Å². The van der Waals surface area contributed by atoms with Crippen LogP contribution in [0, 0.1) is 10.1 Å². The quantitative estimate of drug-likeness (QED) is 0.579. The van der Waals surface area contributed by atoms with Crippen molar-refractivity contribution in [3.8, 4) is 0 Å². The van der Waals surface area contributed by atoms with Crippen LogP contribution in [0.25, 0.3) is 0 Å². The average Bonchev–Trinajstić information content (AvgIpc) is 2.39. The van der Waals surface area contributed by atoms with Gasteiger partial charge in [-0.15, -0.1) is 0 Å². The summed E-state index contributed by atoms with van der Waals surface area (Å²) in [6.45, 7) is 0.651. The van der Waals surface area contributed by atoms with Crippen LogP contribution in [-0.4, -0.2) is 41.2 Å². The molecule has 0 aliphatic rings. The summed E-state index contributed by atoms with van der Waals surface area (Å²) in [4.78, 5) is 9.98. The van der Waals surface area contributed by atoms with Gasteiger partial charge in [0.15, 0.2) is 9.84 Å². The van der Waals surface area contributed by atoms with Crippen molar-refractivity contribution in [2.45, 2.75) is 18.3 Å². The maximum absolute atomic E-state index is 11.7. The second-order valence-corrected chi connectivity index (χ2v) is 6.48. The number of non-ortho nitro benzene ring substituents is 1. The zero-order valence-corrected chi connectivity index (χ0v) is 11.1. The van der Waals surface area contributed by atoms with Crippen LogP contribution in [0.2, 0.25) is 0 Å². The molecular formula is C11H15NO6S. The Morgan fingerprint density at radius 3 is 2.53 bits per heavy atom. The first-order chi connectivity index (χ1) is 8.83. The van der Waals surface area contributed by atoms with E-state index in [2.05, 4.69) is 0 Å². The third-order valence-corrected chi connectivity index (χ3v) is 4.95. The van der Waals surface area contributed by atoms with E-state index >= 15 is 0 Å². The standard InChI is InChI=1S/C11H15NO6S/c1-2-19(17,18)10(7-13)11(14)8-4-3-5-9(6-8)12(15)16/h3-6,10-11,13-14H,2,7H2,1H3. The highest BCUT2D eigenvalue weighted by Crippen LogP contribution is 2.25. The summed E-state index contributed by atoms with van der Waals surface area (Å²) in [6, 6.07) is 5.06. The molecule has 19 heavy (non-hydrogen) atoms. The lowest BCUT2D eigenvalue weighted by Crippen LogP contribution is -2.33. The van der Waals surface area contributed by atoms with E-state index in [4.69, 9.17) is 5.11 Å². The Morgan fingerprint density at radius 2 is 2.05 bits per heavy atom. The van der Waals surface area contributed by atoms with E-state index in [0.717, 1.165) is 6.07 Å². The Hall–Kier alpha value is -1.51. The molecule has 8 heteroatoms. The van der Waals surface area contributed by atoms with Crippen LogP contribution in [0.3, 0.4) is 0 Å². The summed E-state index contributed by atoms with van der Waals surface area (Å²) >= 11 is 0. The molecule has 0 fully saturated rings. The van der Waals surface area contributed by atoms with Crippen LogP contribution in [0.4, 0.5) is 5.69 Å². The van der Waals surface area contributed by atoms with Gasteiger partial charge in [0.2, 0.25) is 0 Å². The van der Waals surface area contributed by atoms with Gasteiger partial charge in [0.1, 0.15) is 5.25 Å². The molecule has 0 bridgehead atoms. The predicted octanol–water partition coefficient (Wildman–Crippen LogP) is 0.424. The van der Waals surface area contributed by atoms with Gasteiger partial charge < -0.3 is 10.2 Å². The molecule has 0 saturated heterocycles. The normalized spacial score (nSPS) is 14.9. The Bertz CT molecular complexity index is 556. The second kappa shape index (κ2) is 6.09. The molecule has 2 atom stereocenters. The van der Waals surface area contributed by atoms with Crippen molar-refractivity contribution in [3.63, 3.8) is 0 Å². The van der Waals surface area contributed by atoms with Crippen molar-refractivity contribution in [2.75, 3.05) is 12.4 Å². The fraction of sp³-hybridized carbons (Fsp3) is 0.455. The number of nitro groups is 1. The first-order valence-corrected chi connectivity index (χ1v) is 7.30. The molecule has 0 spiro atoms. The third-order valence-electron chi connectivity index (χ3n) is 2.82. The summed E-state index contributed by atoms with van der Waals surface area (Å²) in [5, 5.41) is 28.4. The SMILES string of the molecule is CCS(=O)(=O)C(CO)C(O)c1cccc([N+](=O)[O-])c1. The summed E-state index contributed by atoms with van der Waals surface area (Å²) in [5.74, 6) is -0.232. The summed E-state index contributed by atoms with van der Waals surface area (Å²) in [5.41, 5.74) is -0.160. The van der Waals surface area contributed by atoms with Gasteiger partial charge >= 0.3 is 0 Å². The maximum atomic E-state index is 11.7.